The standard InChI is InChI=1S/C18H13ClN2O5/c19-10-1-3-12-13(7-10)18(24)21(17(12)23)9-16(22)20-11-2-4-14-15(8-11)26-6-5-25-14/h1-4,7-8H,5-6,9H2,(H,20,22). The number of fused-ring (bicyclic) bond motifs is 2. The molecule has 2 aliphatic heterocycles. The Morgan fingerprint density at radius 2 is 1.73 bits per heavy atom. The highest BCUT2D eigenvalue weighted by Gasteiger charge is 2.36. The van der Waals surface area contributed by atoms with E-state index in [1.807, 2.05) is 0 Å². The van der Waals surface area contributed by atoms with Crippen molar-refractivity contribution in [1.29, 1.82) is 0 Å². The summed E-state index contributed by atoms with van der Waals surface area (Å²) in [5, 5.41) is 3.01. The van der Waals surface area contributed by atoms with E-state index in [1.54, 1.807) is 18.2 Å². The molecule has 0 radical (unpaired) electrons. The first-order valence-corrected chi connectivity index (χ1v) is 8.26. The maximum absolute atomic E-state index is 12.4. The predicted molar refractivity (Wildman–Crippen MR) is 92.9 cm³/mol. The second-order valence-electron chi connectivity index (χ2n) is 5.79. The van der Waals surface area contributed by atoms with Gasteiger partial charge < -0.3 is 14.8 Å². The van der Waals surface area contributed by atoms with Crippen molar-refractivity contribution >= 4 is 35.0 Å². The Bertz CT molecular complexity index is 943. The van der Waals surface area contributed by atoms with Crippen LogP contribution in [0.25, 0.3) is 0 Å². The first kappa shape index (κ1) is 16.4. The quantitative estimate of drug-likeness (QED) is 0.836. The molecule has 132 valence electrons. The van der Waals surface area contributed by atoms with E-state index in [0.717, 1.165) is 4.90 Å². The Morgan fingerprint density at radius 1 is 1.00 bits per heavy atom. The summed E-state index contributed by atoms with van der Waals surface area (Å²) >= 11 is 5.87. The maximum atomic E-state index is 12.4. The highest BCUT2D eigenvalue weighted by Crippen LogP contribution is 2.32. The number of hydrogen-bond donors (Lipinski definition) is 1. The first-order valence-electron chi connectivity index (χ1n) is 7.88. The minimum Gasteiger partial charge on any atom is -0.486 e. The molecule has 0 saturated heterocycles. The largest absolute Gasteiger partial charge is 0.486 e. The molecule has 2 aromatic rings. The lowest BCUT2D eigenvalue weighted by Crippen LogP contribution is -2.37. The summed E-state index contributed by atoms with van der Waals surface area (Å²) < 4.78 is 10.9. The molecule has 1 N–H and O–H groups in total. The maximum Gasteiger partial charge on any atom is 0.262 e. The second-order valence-corrected chi connectivity index (χ2v) is 6.23. The second kappa shape index (κ2) is 6.34. The molecule has 8 heteroatoms. The van der Waals surface area contributed by atoms with Crippen LogP contribution in [0.4, 0.5) is 5.69 Å². The summed E-state index contributed by atoms with van der Waals surface area (Å²) in [6.07, 6.45) is 0. The van der Waals surface area contributed by atoms with Crippen molar-refractivity contribution in [1.82, 2.24) is 4.90 Å². The van der Waals surface area contributed by atoms with E-state index in [0.29, 0.717) is 35.4 Å². The van der Waals surface area contributed by atoms with E-state index in [4.69, 9.17) is 21.1 Å². The van der Waals surface area contributed by atoms with Crippen molar-refractivity contribution in [3.05, 3.63) is 52.5 Å². The van der Waals surface area contributed by atoms with Gasteiger partial charge in [0.15, 0.2) is 11.5 Å². The number of nitrogens with one attached hydrogen (secondary N) is 1. The van der Waals surface area contributed by atoms with Gasteiger partial charge in [0.25, 0.3) is 11.8 Å². The predicted octanol–water partition coefficient (Wildman–Crippen LogP) is 2.35. The van der Waals surface area contributed by atoms with Crippen LogP contribution < -0.4 is 14.8 Å². The van der Waals surface area contributed by atoms with Crippen LogP contribution in [0.2, 0.25) is 5.02 Å². The van der Waals surface area contributed by atoms with Crippen LogP contribution >= 0.6 is 11.6 Å². The van der Waals surface area contributed by atoms with Crippen LogP contribution in [0.15, 0.2) is 36.4 Å². The smallest absolute Gasteiger partial charge is 0.262 e. The summed E-state index contributed by atoms with van der Waals surface area (Å²) in [7, 11) is 0. The zero-order valence-corrected chi connectivity index (χ0v) is 14.2. The molecule has 0 atom stereocenters. The fourth-order valence-electron chi connectivity index (χ4n) is 2.87. The van der Waals surface area contributed by atoms with Gasteiger partial charge in [0.05, 0.1) is 11.1 Å². The average Bonchev–Trinajstić information content (AvgIpc) is 2.86. The third-order valence-corrected chi connectivity index (χ3v) is 4.30. The summed E-state index contributed by atoms with van der Waals surface area (Å²) in [5.74, 6) is -0.415. The van der Waals surface area contributed by atoms with Crippen LogP contribution in [0.5, 0.6) is 11.5 Å². The van der Waals surface area contributed by atoms with Gasteiger partial charge in [-0.15, -0.1) is 0 Å². The number of carbonyl (C=O) groups excluding carboxylic acids is 3. The van der Waals surface area contributed by atoms with Crippen LogP contribution in [-0.4, -0.2) is 42.4 Å². The molecule has 26 heavy (non-hydrogen) atoms. The number of rotatable bonds is 3. The van der Waals surface area contributed by atoms with Crippen LogP contribution in [-0.2, 0) is 4.79 Å². The molecule has 7 nitrogen and oxygen atoms in total. The molecule has 2 aliphatic rings. The molecule has 0 spiro atoms. The molecule has 0 aromatic heterocycles. The number of benzene rings is 2. The zero-order valence-electron chi connectivity index (χ0n) is 13.5. The molecule has 0 aliphatic carbocycles. The van der Waals surface area contributed by atoms with Gasteiger partial charge in [-0.3, -0.25) is 19.3 Å². The first-order chi connectivity index (χ1) is 12.5. The lowest BCUT2D eigenvalue weighted by molar-refractivity contribution is -0.116. The number of hydrogen-bond acceptors (Lipinski definition) is 5. The van der Waals surface area contributed by atoms with Gasteiger partial charge in [-0.2, -0.15) is 0 Å². The highest BCUT2D eigenvalue weighted by atomic mass is 35.5. The van der Waals surface area contributed by atoms with Gasteiger partial charge in [-0.05, 0) is 30.3 Å². The summed E-state index contributed by atoms with van der Waals surface area (Å²) in [6, 6.07) is 9.42. The number of imide groups is 1. The zero-order chi connectivity index (χ0) is 18.3. The van der Waals surface area contributed by atoms with E-state index in [9.17, 15) is 14.4 Å². The number of halogens is 1. The number of ether oxygens (including phenoxy) is 2. The molecule has 0 unspecified atom stereocenters. The Balaban J connectivity index is 1.47. The average molecular weight is 373 g/mol. The summed E-state index contributed by atoms with van der Waals surface area (Å²) in [6.45, 7) is 0.517. The lowest BCUT2D eigenvalue weighted by atomic mass is 10.1. The molecule has 0 saturated carbocycles. The van der Waals surface area contributed by atoms with Crippen LogP contribution in [0.1, 0.15) is 20.7 Å². The van der Waals surface area contributed by atoms with Gasteiger partial charge in [0.1, 0.15) is 19.8 Å². The van der Waals surface area contributed by atoms with Crippen molar-refractivity contribution in [3.8, 4) is 11.5 Å². The van der Waals surface area contributed by atoms with E-state index in [1.165, 1.54) is 18.2 Å². The fraction of sp³-hybridized carbons (Fsp3) is 0.167. The van der Waals surface area contributed by atoms with Gasteiger partial charge in [0, 0.05) is 16.8 Å². The SMILES string of the molecule is O=C(CN1C(=O)c2ccc(Cl)cc2C1=O)Nc1ccc2c(c1)OCCO2. The lowest BCUT2D eigenvalue weighted by Gasteiger charge is -2.19. The van der Waals surface area contributed by atoms with E-state index in [-0.39, 0.29) is 11.1 Å². The molecule has 4 rings (SSSR count). The Hall–Kier alpha value is -3.06. The van der Waals surface area contributed by atoms with E-state index < -0.39 is 24.3 Å². The number of nitrogens with zero attached hydrogens (tertiary/aromatic N) is 1. The van der Waals surface area contributed by atoms with E-state index in [2.05, 4.69) is 5.32 Å². The number of carbonyl (C=O) groups is 3. The van der Waals surface area contributed by atoms with Crippen molar-refractivity contribution in [2.75, 3.05) is 25.1 Å². The van der Waals surface area contributed by atoms with Gasteiger partial charge in [-0.25, -0.2) is 0 Å². The molecule has 0 fully saturated rings. The van der Waals surface area contributed by atoms with Gasteiger partial charge in [-0.1, -0.05) is 11.6 Å². The molecule has 0 bridgehead atoms. The Morgan fingerprint density at radius 3 is 2.54 bits per heavy atom. The van der Waals surface area contributed by atoms with Crippen LogP contribution in [0, 0.1) is 0 Å². The molecular weight excluding hydrogens is 360 g/mol. The van der Waals surface area contributed by atoms with Crippen molar-refractivity contribution in [2.24, 2.45) is 0 Å². The summed E-state index contributed by atoms with van der Waals surface area (Å²) in [4.78, 5) is 37.9. The highest BCUT2D eigenvalue weighted by molar-refractivity contribution is 6.32. The van der Waals surface area contributed by atoms with Crippen molar-refractivity contribution in [2.45, 2.75) is 0 Å². The third kappa shape index (κ3) is 2.86. The van der Waals surface area contributed by atoms with Crippen molar-refractivity contribution < 1.29 is 23.9 Å². The van der Waals surface area contributed by atoms with Gasteiger partial charge >= 0.3 is 0 Å². The van der Waals surface area contributed by atoms with Crippen LogP contribution in [0.3, 0.4) is 0 Å². The molecular formula is C18H13ClN2O5. The normalized spacial score (nSPS) is 15.0. The topological polar surface area (TPSA) is 84.9 Å². The monoisotopic (exact) mass is 372 g/mol. The summed E-state index contributed by atoms with van der Waals surface area (Å²) in [5.41, 5.74) is 0.931. The molecule has 3 amide bonds. The third-order valence-electron chi connectivity index (χ3n) is 4.06. The Labute approximate surface area is 153 Å². The fourth-order valence-corrected chi connectivity index (χ4v) is 3.04. The minimum atomic E-state index is -0.537. The Kier molecular flexibility index (Phi) is 4.00. The number of amides is 3. The molecule has 2 heterocycles. The number of anilines is 1. The van der Waals surface area contributed by atoms with Gasteiger partial charge in [0.2, 0.25) is 5.91 Å². The minimum absolute atomic E-state index is 0.203. The van der Waals surface area contributed by atoms with Crippen molar-refractivity contribution in [3.63, 3.8) is 0 Å². The molecule has 2 aromatic carbocycles. The van der Waals surface area contributed by atoms with E-state index >= 15 is 0 Å².